The number of hydrogen-bond donors (Lipinski definition) is 3. The van der Waals surface area contributed by atoms with E-state index in [0.717, 1.165) is 12.7 Å². The molecule has 31 heavy (non-hydrogen) atoms. The molecule has 8 nitrogen and oxygen atoms in total. The highest BCUT2D eigenvalue weighted by atomic mass is 32.2. The van der Waals surface area contributed by atoms with Crippen LogP contribution in [0.3, 0.4) is 0 Å². The van der Waals surface area contributed by atoms with Gasteiger partial charge < -0.3 is 5.11 Å². The van der Waals surface area contributed by atoms with Gasteiger partial charge in [0.05, 0.1) is 16.5 Å². The lowest BCUT2D eigenvalue weighted by atomic mass is 10.1. The van der Waals surface area contributed by atoms with Crippen molar-refractivity contribution in [2.75, 3.05) is 12.9 Å². The van der Waals surface area contributed by atoms with E-state index >= 15 is 0 Å². The minimum atomic E-state index is -3.84. The number of aliphatic hydroxyl groups is 1. The predicted octanol–water partition coefficient (Wildman–Crippen LogP) is 0.858. The molecule has 1 aromatic carbocycles. The summed E-state index contributed by atoms with van der Waals surface area (Å²) in [7, 11) is -3.84. The van der Waals surface area contributed by atoms with Crippen LogP contribution >= 0.6 is 0 Å². The number of carbonyl (C=O) groups is 1. The summed E-state index contributed by atoms with van der Waals surface area (Å²) in [5.41, 5.74) is 1.89. The van der Waals surface area contributed by atoms with Crippen LogP contribution < -0.4 is 5.48 Å². The average molecular weight is 447 g/mol. The number of carbonyl (C=O) groups excluding carboxylic acids is 1. The predicted molar refractivity (Wildman–Crippen MR) is 111 cm³/mol. The van der Waals surface area contributed by atoms with Crippen molar-refractivity contribution < 1.29 is 27.9 Å². The number of nitrogens with zero attached hydrogens (tertiary/aromatic N) is 2. The molecule has 1 aliphatic carbocycles. The lowest BCUT2D eigenvalue weighted by molar-refractivity contribution is -0.131. The Balaban J connectivity index is 1.79. The van der Waals surface area contributed by atoms with Crippen molar-refractivity contribution in [3.63, 3.8) is 0 Å². The van der Waals surface area contributed by atoms with Crippen molar-refractivity contribution in [3.05, 3.63) is 29.7 Å². The Morgan fingerprint density at radius 2 is 2.16 bits per heavy atom. The zero-order valence-corrected chi connectivity index (χ0v) is 17.8. The monoisotopic (exact) mass is 447 g/mol. The van der Waals surface area contributed by atoms with Gasteiger partial charge in [-0.1, -0.05) is 5.92 Å². The first kappa shape index (κ1) is 22.8. The van der Waals surface area contributed by atoms with Crippen molar-refractivity contribution in [1.29, 1.82) is 0 Å². The maximum absolute atomic E-state index is 14.8. The molecule has 1 heterocycles. The zero-order chi connectivity index (χ0) is 22.8. The number of benzene rings is 1. The van der Waals surface area contributed by atoms with Crippen LogP contribution in [0.5, 0.6) is 0 Å². The number of amides is 1. The molecule has 0 aliphatic heterocycles. The van der Waals surface area contributed by atoms with Crippen molar-refractivity contribution in [1.82, 2.24) is 15.3 Å². The average Bonchev–Trinajstić information content (AvgIpc) is 3.36. The van der Waals surface area contributed by atoms with Gasteiger partial charge in [-0.15, -0.1) is 0 Å². The Morgan fingerprint density at radius 1 is 1.42 bits per heavy atom. The SMILES string of the molecule is CC(CCn1cc2c(F)c(C#CC#C[C@H]3C[C@@H]3CO)ccc2n1)(C(=O)NO)S(C)(=O)=O. The summed E-state index contributed by atoms with van der Waals surface area (Å²) >= 11 is 0. The first-order valence-corrected chi connectivity index (χ1v) is 11.4. The van der Waals surface area contributed by atoms with Gasteiger partial charge in [0.15, 0.2) is 14.6 Å². The van der Waals surface area contributed by atoms with Gasteiger partial charge in [-0.25, -0.2) is 18.3 Å². The molecule has 3 atom stereocenters. The lowest BCUT2D eigenvalue weighted by Gasteiger charge is -2.24. The fourth-order valence-corrected chi connectivity index (χ4v) is 3.93. The molecule has 0 saturated heterocycles. The number of hydrogen-bond acceptors (Lipinski definition) is 6. The third-order valence-electron chi connectivity index (χ3n) is 5.56. The van der Waals surface area contributed by atoms with Gasteiger partial charge in [0.25, 0.3) is 5.91 Å². The fraction of sp³-hybridized carbons (Fsp3) is 0.429. The molecule has 1 saturated carbocycles. The second kappa shape index (κ2) is 8.67. The summed E-state index contributed by atoms with van der Waals surface area (Å²) < 4.78 is 38.4. The normalized spacial score (nSPS) is 19.5. The maximum Gasteiger partial charge on any atom is 0.264 e. The molecule has 10 heteroatoms. The Hall–Kier alpha value is -2.92. The summed E-state index contributed by atoms with van der Waals surface area (Å²) in [6.45, 7) is 1.32. The van der Waals surface area contributed by atoms with E-state index in [1.54, 1.807) is 6.07 Å². The molecule has 0 spiro atoms. The zero-order valence-electron chi connectivity index (χ0n) is 17.0. The van der Waals surface area contributed by atoms with Crippen LogP contribution in [0.4, 0.5) is 4.39 Å². The van der Waals surface area contributed by atoms with Gasteiger partial charge in [0.2, 0.25) is 0 Å². The third kappa shape index (κ3) is 4.72. The standard InChI is InChI=1S/C21H22FN3O5S/c1-21(20(27)24-28,31(2,29)30)9-10-25-12-17-18(23-25)8-7-14(19(17)22)5-3-4-6-15-11-16(15)13-26/h7-8,12,15-16,26,28H,9-11,13H2,1-2H3,(H,24,27)/t15-,16+,21?/m0/s1. The summed E-state index contributed by atoms with van der Waals surface area (Å²) in [4.78, 5) is 11.9. The van der Waals surface area contributed by atoms with Crippen LogP contribution in [-0.2, 0) is 21.2 Å². The van der Waals surface area contributed by atoms with Gasteiger partial charge >= 0.3 is 0 Å². The van der Waals surface area contributed by atoms with Crippen LogP contribution in [0.15, 0.2) is 18.3 Å². The van der Waals surface area contributed by atoms with Gasteiger partial charge in [0, 0.05) is 31.5 Å². The summed E-state index contributed by atoms with van der Waals surface area (Å²) in [5.74, 6) is 9.63. The number of nitrogens with one attached hydrogen (secondary N) is 1. The Kier molecular flexibility index (Phi) is 6.37. The van der Waals surface area contributed by atoms with E-state index in [1.165, 1.54) is 29.3 Å². The number of aryl methyl sites for hydroxylation is 1. The topological polar surface area (TPSA) is 122 Å². The Bertz CT molecular complexity index is 1250. The third-order valence-corrected chi connectivity index (χ3v) is 7.59. The Labute approximate surface area is 179 Å². The highest BCUT2D eigenvalue weighted by Gasteiger charge is 2.43. The molecule has 0 bridgehead atoms. The minimum absolute atomic E-state index is 0.00497. The van der Waals surface area contributed by atoms with Crippen molar-refractivity contribution in [3.8, 4) is 23.7 Å². The van der Waals surface area contributed by atoms with E-state index in [2.05, 4.69) is 28.8 Å². The summed E-state index contributed by atoms with van der Waals surface area (Å²) in [6, 6.07) is 3.07. The van der Waals surface area contributed by atoms with Crippen molar-refractivity contribution in [2.24, 2.45) is 11.8 Å². The summed E-state index contributed by atoms with van der Waals surface area (Å²) in [6.07, 6.45) is 2.99. The quantitative estimate of drug-likeness (QED) is 0.343. The first-order valence-electron chi connectivity index (χ1n) is 9.53. The van der Waals surface area contributed by atoms with Crippen LogP contribution in [0.1, 0.15) is 25.3 Å². The second-order valence-corrected chi connectivity index (χ2v) is 10.2. The second-order valence-electron chi connectivity index (χ2n) is 7.75. The molecular weight excluding hydrogens is 425 g/mol. The highest BCUT2D eigenvalue weighted by Crippen LogP contribution is 2.36. The molecular formula is C21H22FN3O5S. The van der Waals surface area contributed by atoms with Gasteiger partial charge in [-0.3, -0.25) is 14.7 Å². The number of aliphatic hydroxyl groups excluding tert-OH is 1. The number of halogens is 1. The van der Waals surface area contributed by atoms with E-state index in [9.17, 15) is 17.6 Å². The molecule has 1 aromatic heterocycles. The lowest BCUT2D eigenvalue weighted by Crippen LogP contribution is -2.49. The van der Waals surface area contributed by atoms with Crippen LogP contribution in [0.2, 0.25) is 0 Å². The largest absolute Gasteiger partial charge is 0.396 e. The van der Waals surface area contributed by atoms with Gasteiger partial charge in [0.1, 0.15) is 5.82 Å². The van der Waals surface area contributed by atoms with E-state index in [1.807, 2.05) is 0 Å². The first-order chi connectivity index (χ1) is 14.6. The van der Waals surface area contributed by atoms with E-state index < -0.39 is 26.3 Å². The molecule has 2 aromatic rings. The van der Waals surface area contributed by atoms with Crippen LogP contribution in [0, 0.1) is 41.3 Å². The van der Waals surface area contributed by atoms with E-state index in [-0.39, 0.29) is 42.4 Å². The molecule has 164 valence electrons. The van der Waals surface area contributed by atoms with E-state index in [4.69, 9.17) is 10.3 Å². The number of aromatic nitrogens is 2. The Morgan fingerprint density at radius 3 is 2.77 bits per heavy atom. The molecule has 1 aliphatic rings. The van der Waals surface area contributed by atoms with Crippen molar-refractivity contribution in [2.45, 2.75) is 31.1 Å². The number of hydroxylamine groups is 1. The smallest absolute Gasteiger partial charge is 0.264 e. The molecule has 3 rings (SSSR count). The maximum atomic E-state index is 14.8. The fourth-order valence-electron chi connectivity index (χ4n) is 3.09. The number of rotatable bonds is 6. The highest BCUT2D eigenvalue weighted by molar-refractivity contribution is 7.92. The summed E-state index contributed by atoms with van der Waals surface area (Å²) in [5, 5.41) is 22.3. The molecule has 1 amide bonds. The van der Waals surface area contributed by atoms with Crippen molar-refractivity contribution >= 4 is 26.6 Å². The minimum Gasteiger partial charge on any atom is -0.396 e. The van der Waals surface area contributed by atoms with Gasteiger partial charge in [-0.05, 0) is 55.6 Å². The number of fused-ring (bicyclic) bond motifs is 1. The van der Waals surface area contributed by atoms with Crippen LogP contribution in [0.25, 0.3) is 10.9 Å². The number of sulfone groups is 1. The molecule has 0 radical (unpaired) electrons. The van der Waals surface area contributed by atoms with E-state index in [0.29, 0.717) is 5.52 Å². The molecule has 3 N–H and O–H groups in total. The molecule has 1 fully saturated rings. The van der Waals surface area contributed by atoms with Gasteiger partial charge in [-0.2, -0.15) is 5.10 Å². The molecule has 1 unspecified atom stereocenters. The van der Waals surface area contributed by atoms with Crippen LogP contribution in [-0.4, -0.2) is 52.0 Å².